The largest absolute Gasteiger partial charge is 0.497 e. The van der Waals surface area contributed by atoms with E-state index < -0.39 is 5.97 Å². The van der Waals surface area contributed by atoms with Crippen LogP contribution in [0, 0.1) is 33.6 Å². The van der Waals surface area contributed by atoms with Crippen LogP contribution in [0.2, 0.25) is 0 Å². The Hall–Kier alpha value is -4.06. The van der Waals surface area contributed by atoms with Crippen LogP contribution in [0.1, 0.15) is 60.8 Å². The Morgan fingerprint density at radius 3 is 1.70 bits per heavy atom. The van der Waals surface area contributed by atoms with Gasteiger partial charge in [-0.2, -0.15) is 0 Å². The van der Waals surface area contributed by atoms with Gasteiger partial charge in [-0.3, -0.25) is 4.79 Å². The van der Waals surface area contributed by atoms with Crippen LogP contribution in [0.25, 0.3) is 34.2 Å². The van der Waals surface area contributed by atoms with Gasteiger partial charge in [0.25, 0.3) is 0 Å². The Kier molecular flexibility index (Phi) is 9.65. The zero-order chi connectivity index (χ0) is 28.6. The van der Waals surface area contributed by atoms with E-state index in [1.165, 1.54) is 30.4 Å². The highest BCUT2D eigenvalue weighted by atomic mass is 16.5. The first-order valence-electron chi connectivity index (χ1n) is 14.0. The van der Waals surface area contributed by atoms with Gasteiger partial charge in [-0.05, 0) is 81.8 Å². The molecule has 1 aliphatic rings. The molecular weight excluding hydrogens is 498 g/mol. The lowest BCUT2D eigenvalue weighted by molar-refractivity contribution is -0.138. The molecular formula is C34H39N3O3. The number of benzene rings is 3. The molecule has 40 heavy (non-hydrogen) atoms. The Bertz CT molecular complexity index is 1390. The van der Waals surface area contributed by atoms with E-state index in [1.807, 2.05) is 24.3 Å². The Balaban J connectivity index is 0.000000312. The molecule has 1 saturated carbocycles. The highest BCUT2D eigenvalue weighted by molar-refractivity contribution is 5.70. The summed E-state index contributed by atoms with van der Waals surface area (Å²) >= 11 is 0. The van der Waals surface area contributed by atoms with Crippen LogP contribution < -0.4 is 4.74 Å². The second-order valence-electron chi connectivity index (χ2n) is 10.8. The predicted octanol–water partition coefficient (Wildman–Crippen LogP) is 8.16. The fraction of sp³-hybridized carbons (Fsp3) is 0.353. The molecule has 5 rings (SSSR count). The average Bonchev–Trinajstić information content (AvgIpc) is 2.93. The molecule has 1 aliphatic carbocycles. The molecule has 0 unspecified atom stereocenters. The van der Waals surface area contributed by atoms with Gasteiger partial charge in [0.05, 0.1) is 7.11 Å². The van der Waals surface area contributed by atoms with E-state index in [1.54, 1.807) is 7.11 Å². The minimum Gasteiger partial charge on any atom is -0.497 e. The number of nitrogens with zero attached hydrogens (tertiary/aromatic N) is 3. The first-order valence-corrected chi connectivity index (χ1v) is 14.0. The summed E-state index contributed by atoms with van der Waals surface area (Å²) in [4.78, 5) is 24.8. The number of carbonyl (C=O) groups is 1. The molecule has 0 bridgehead atoms. The number of ether oxygens (including phenoxy) is 1. The maximum absolute atomic E-state index is 10.3. The monoisotopic (exact) mass is 537 g/mol. The normalized spacial score (nSPS) is 13.3. The SMILES string of the molecule is COc1ccc(-c2nc(-c3ccc(C)cc3C)nc(-c3ccc(C)cc3C)n2)cc1.O=C(O)CC1CCCCC1. The summed E-state index contributed by atoms with van der Waals surface area (Å²) in [5.74, 6) is 2.67. The molecule has 0 saturated heterocycles. The Morgan fingerprint density at radius 2 is 1.25 bits per heavy atom. The zero-order valence-electron chi connectivity index (χ0n) is 24.2. The fourth-order valence-electron chi connectivity index (χ4n) is 5.25. The number of carboxylic acids is 1. The Morgan fingerprint density at radius 1 is 0.750 bits per heavy atom. The van der Waals surface area contributed by atoms with Crippen LogP contribution in [0.15, 0.2) is 60.7 Å². The van der Waals surface area contributed by atoms with Gasteiger partial charge in [-0.25, -0.2) is 15.0 Å². The number of aliphatic carboxylic acids is 1. The summed E-state index contributed by atoms with van der Waals surface area (Å²) in [6.07, 6.45) is 6.42. The average molecular weight is 538 g/mol. The molecule has 1 N–H and O–H groups in total. The molecule has 1 aromatic heterocycles. The van der Waals surface area contributed by atoms with Crippen molar-refractivity contribution in [3.8, 4) is 39.9 Å². The van der Waals surface area contributed by atoms with Crippen molar-refractivity contribution >= 4 is 5.97 Å². The van der Waals surface area contributed by atoms with Gasteiger partial charge < -0.3 is 9.84 Å². The van der Waals surface area contributed by atoms with Crippen molar-refractivity contribution in [3.05, 3.63) is 82.9 Å². The van der Waals surface area contributed by atoms with E-state index in [-0.39, 0.29) is 0 Å². The maximum Gasteiger partial charge on any atom is 0.303 e. The smallest absolute Gasteiger partial charge is 0.303 e. The molecule has 1 fully saturated rings. The van der Waals surface area contributed by atoms with Crippen molar-refractivity contribution in [3.63, 3.8) is 0 Å². The summed E-state index contributed by atoms with van der Waals surface area (Å²) in [7, 11) is 1.66. The van der Waals surface area contributed by atoms with E-state index in [0.717, 1.165) is 46.4 Å². The highest BCUT2D eigenvalue weighted by Crippen LogP contribution is 2.29. The molecule has 6 heteroatoms. The molecule has 1 heterocycles. The Labute approximate surface area is 237 Å². The predicted molar refractivity (Wildman–Crippen MR) is 160 cm³/mol. The van der Waals surface area contributed by atoms with Gasteiger partial charge in [0.2, 0.25) is 0 Å². The minimum absolute atomic E-state index is 0.389. The molecule has 6 nitrogen and oxygen atoms in total. The molecule has 208 valence electrons. The van der Waals surface area contributed by atoms with Gasteiger partial charge in [0.15, 0.2) is 17.5 Å². The summed E-state index contributed by atoms with van der Waals surface area (Å²) in [5, 5.41) is 8.47. The van der Waals surface area contributed by atoms with Gasteiger partial charge in [0.1, 0.15) is 5.75 Å². The van der Waals surface area contributed by atoms with Crippen molar-refractivity contribution in [2.45, 2.75) is 66.2 Å². The fourth-order valence-corrected chi connectivity index (χ4v) is 5.25. The molecule has 0 amide bonds. The van der Waals surface area contributed by atoms with Crippen molar-refractivity contribution < 1.29 is 14.6 Å². The second-order valence-corrected chi connectivity index (χ2v) is 10.8. The molecule has 0 atom stereocenters. The number of aromatic nitrogens is 3. The highest BCUT2D eigenvalue weighted by Gasteiger charge is 2.16. The minimum atomic E-state index is -0.632. The third-order valence-corrected chi connectivity index (χ3v) is 7.42. The van der Waals surface area contributed by atoms with E-state index in [2.05, 4.69) is 64.1 Å². The third-order valence-electron chi connectivity index (χ3n) is 7.42. The molecule has 3 aromatic carbocycles. The van der Waals surface area contributed by atoms with Crippen LogP contribution in [0.4, 0.5) is 0 Å². The van der Waals surface area contributed by atoms with Gasteiger partial charge in [0, 0.05) is 23.1 Å². The van der Waals surface area contributed by atoms with Crippen LogP contribution in [0.3, 0.4) is 0 Å². The summed E-state index contributed by atoms with van der Waals surface area (Å²) in [6, 6.07) is 20.5. The van der Waals surface area contributed by atoms with Crippen LogP contribution in [0.5, 0.6) is 5.75 Å². The zero-order valence-corrected chi connectivity index (χ0v) is 24.2. The van der Waals surface area contributed by atoms with Gasteiger partial charge in [-0.1, -0.05) is 66.8 Å². The molecule has 0 radical (unpaired) electrons. The first kappa shape index (κ1) is 28.9. The lowest BCUT2D eigenvalue weighted by atomic mass is 9.87. The van der Waals surface area contributed by atoms with Crippen LogP contribution in [-0.2, 0) is 4.79 Å². The van der Waals surface area contributed by atoms with Crippen molar-refractivity contribution in [1.82, 2.24) is 15.0 Å². The number of rotatable bonds is 6. The van der Waals surface area contributed by atoms with Crippen molar-refractivity contribution in [1.29, 1.82) is 0 Å². The standard InChI is InChI=1S/C26H25N3O.C8H14O2/c1-16-6-12-22(18(3)14-16)25-27-24(20-8-10-21(30-5)11-9-20)28-26(29-25)23-13-7-17(2)15-19(23)4;9-8(10)6-7-4-2-1-3-5-7/h6-15H,1-5H3;7H,1-6H2,(H,9,10). The van der Waals surface area contributed by atoms with E-state index >= 15 is 0 Å². The summed E-state index contributed by atoms with van der Waals surface area (Å²) in [6.45, 7) is 8.37. The van der Waals surface area contributed by atoms with Gasteiger partial charge >= 0.3 is 5.97 Å². The first-order chi connectivity index (χ1) is 19.2. The lowest BCUT2D eigenvalue weighted by Gasteiger charge is -2.18. The number of carboxylic acid groups (broad SMARTS) is 1. The van der Waals surface area contributed by atoms with Gasteiger partial charge in [-0.15, -0.1) is 0 Å². The summed E-state index contributed by atoms with van der Waals surface area (Å²) in [5.41, 5.74) is 7.69. The van der Waals surface area contributed by atoms with Crippen LogP contribution >= 0.6 is 0 Å². The third kappa shape index (κ3) is 7.53. The number of hydrogen-bond donors (Lipinski definition) is 1. The maximum atomic E-state index is 10.3. The van der Waals surface area contributed by atoms with Crippen molar-refractivity contribution in [2.24, 2.45) is 5.92 Å². The van der Waals surface area contributed by atoms with E-state index in [9.17, 15) is 4.79 Å². The summed E-state index contributed by atoms with van der Waals surface area (Å²) < 4.78 is 5.29. The second kappa shape index (κ2) is 13.3. The lowest BCUT2D eigenvalue weighted by Crippen LogP contribution is -2.10. The number of aryl methyl sites for hydroxylation is 4. The van der Waals surface area contributed by atoms with Crippen molar-refractivity contribution in [2.75, 3.05) is 7.11 Å². The molecule has 0 aliphatic heterocycles. The number of methoxy groups -OCH3 is 1. The number of hydrogen-bond acceptors (Lipinski definition) is 5. The quantitative estimate of drug-likeness (QED) is 0.267. The van der Waals surface area contributed by atoms with Crippen LogP contribution in [-0.4, -0.2) is 33.1 Å². The topological polar surface area (TPSA) is 85.2 Å². The molecule has 4 aromatic rings. The molecule has 0 spiro atoms. The van der Waals surface area contributed by atoms with E-state index in [4.69, 9.17) is 24.8 Å². The van der Waals surface area contributed by atoms with E-state index in [0.29, 0.717) is 29.8 Å².